The Bertz CT molecular complexity index is 366. The maximum atomic E-state index is 13.5. The zero-order valence-electron chi connectivity index (χ0n) is 7.19. The summed E-state index contributed by atoms with van der Waals surface area (Å²) in [5.74, 6) is -0.105. The number of aliphatic imine (C=N–C) groups is 1. The molecule has 0 aromatic heterocycles. The fourth-order valence-electron chi connectivity index (χ4n) is 1.53. The Hall–Kier alpha value is -1.18. The maximum Gasteiger partial charge on any atom is 0.135 e. The first-order valence-corrected chi connectivity index (χ1v) is 3.99. The summed E-state index contributed by atoms with van der Waals surface area (Å²) in [5.41, 5.74) is 3.25. The minimum atomic E-state index is -0.105. The van der Waals surface area contributed by atoms with E-state index in [0.717, 1.165) is 16.8 Å². The first kappa shape index (κ1) is 7.47. The van der Waals surface area contributed by atoms with E-state index >= 15 is 0 Å². The molecular weight excluding hydrogens is 153 g/mol. The third-order valence-electron chi connectivity index (χ3n) is 2.27. The van der Waals surface area contributed by atoms with Crippen molar-refractivity contribution in [2.45, 2.75) is 20.4 Å². The highest BCUT2D eigenvalue weighted by Gasteiger charge is 2.17. The van der Waals surface area contributed by atoms with Crippen LogP contribution < -0.4 is 0 Å². The van der Waals surface area contributed by atoms with Crippen LogP contribution in [0.4, 0.5) is 4.39 Å². The molecule has 2 rings (SSSR count). The van der Waals surface area contributed by atoms with Gasteiger partial charge >= 0.3 is 0 Å². The van der Waals surface area contributed by atoms with Crippen molar-refractivity contribution in [3.63, 3.8) is 0 Å². The summed E-state index contributed by atoms with van der Waals surface area (Å²) in [6.45, 7) is 4.27. The van der Waals surface area contributed by atoms with Gasteiger partial charge in [-0.15, -0.1) is 0 Å². The molecule has 0 bridgehead atoms. The van der Waals surface area contributed by atoms with Crippen LogP contribution in [0.5, 0.6) is 0 Å². The van der Waals surface area contributed by atoms with E-state index in [4.69, 9.17) is 0 Å². The van der Waals surface area contributed by atoms with E-state index in [1.165, 1.54) is 0 Å². The molecule has 62 valence electrons. The number of aryl methyl sites for hydroxylation is 1. The second-order valence-corrected chi connectivity index (χ2v) is 3.13. The lowest BCUT2D eigenvalue weighted by Gasteiger charge is -2.03. The lowest BCUT2D eigenvalue weighted by Crippen LogP contribution is -1.99. The molecule has 0 spiro atoms. The first-order valence-electron chi connectivity index (χ1n) is 3.99. The highest BCUT2D eigenvalue weighted by atomic mass is 19.1. The lowest BCUT2D eigenvalue weighted by atomic mass is 10.0. The number of hydrogen-bond acceptors (Lipinski definition) is 1. The predicted molar refractivity (Wildman–Crippen MR) is 47.1 cm³/mol. The molecule has 1 heterocycles. The molecule has 1 aromatic carbocycles. The average Bonchev–Trinajstić information content (AvgIpc) is 2.41. The Morgan fingerprint density at radius 1 is 1.33 bits per heavy atom. The largest absolute Gasteiger partial charge is 0.285 e. The topological polar surface area (TPSA) is 12.4 Å². The standard InChI is InChI=1S/C10H10FN/c1-6-3-4-8-5-12-7(2)9(8)10(6)11/h3-4H,5H2,1-2H3. The average molecular weight is 163 g/mol. The smallest absolute Gasteiger partial charge is 0.135 e. The Morgan fingerprint density at radius 2 is 2.08 bits per heavy atom. The monoisotopic (exact) mass is 163 g/mol. The van der Waals surface area contributed by atoms with Crippen LogP contribution in [-0.4, -0.2) is 5.71 Å². The maximum absolute atomic E-state index is 13.5. The highest BCUT2D eigenvalue weighted by Crippen LogP contribution is 2.23. The van der Waals surface area contributed by atoms with Crippen LogP contribution in [0.2, 0.25) is 0 Å². The Labute approximate surface area is 70.9 Å². The molecule has 0 unspecified atom stereocenters. The van der Waals surface area contributed by atoms with Crippen molar-refractivity contribution in [3.8, 4) is 0 Å². The van der Waals surface area contributed by atoms with Gasteiger partial charge in [0, 0.05) is 11.3 Å². The van der Waals surface area contributed by atoms with Crippen molar-refractivity contribution in [1.29, 1.82) is 0 Å². The van der Waals surface area contributed by atoms with Gasteiger partial charge in [0.25, 0.3) is 0 Å². The van der Waals surface area contributed by atoms with Crippen LogP contribution in [0.25, 0.3) is 0 Å². The Morgan fingerprint density at radius 3 is 2.83 bits per heavy atom. The SMILES string of the molecule is CC1=NCc2ccc(C)c(F)c21. The number of hydrogen-bond donors (Lipinski definition) is 0. The summed E-state index contributed by atoms with van der Waals surface area (Å²) in [4.78, 5) is 4.18. The number of rotatable bonds is 0. The minimum absolute atomic E-state index is 0.105. The van der Waals surface area contributed by atoms with Gasteiger partial charge in [0.15, 0.2) is 0 Å². The first-order chi connectivity index (χ1) is 5.70. The van der Waals surface area contributed by atoms with Crippen molar-refractivity contribution in [2.24, 2.45) is 4.99 Å². The molecule has 1 aromatic rings. The third-order valence-corrected chi connectivity index (χ3v) is 2.27. The number of nitrogens with zero attached hydrogens (tertiary/aromatic N) is 1. The van der Waals surface area contributed by atoms with Crippen molar-refractivity contribution < 1.29 is 4.39 Å². The van der Waals surface area contributed by atoms with E-state index in [0.29, 0.717) is 12.1 Å². The molecule has 0 radical (unpaired) electrons. The highest BCUT2D eigenvalue weighted by molar-refractivity contribution is 6.02. The molecule has 0 amide bonds. The van der Waals surface area contributed by atoms with Crippen molar-refractivity contribution in [1.82, 2.24) is 0 Å². The van der Waals surface area contributed by atoms with E-state index in [1.54, 1.807) is 6.92 Å². The molecule has 12 heavy (non-hydrogen) atoms. The molecule has 0 saturated carbocycles. The summed E-state index contributed by atoms with van der Waals surface area (Å²) < 4.78 is 13.5. The zero-order chi connectivity index (χ0) is 8.72. The second-order valence-electron chi connectivity index (χ2n) is 3.13. The van der Waals surface area contributed by atoms with E-state index in [-0.39, 0.29) is 5.82 Å². The Kier molecular flexibility index (Phi) is 1.50. The van der Waals surface area contributed by atoms with Gasteiger partial charge in [0.1, 0.15) is 5.82 Å². The van der Waals surface area contributed by atoms with Crippen LogP contribution in [0.15, 0.2) is 17.1 Å². The quantitative estimate of drug-likeness (QED) is 0.557. The van der Waals surface area contributed by atoms with Gasteiger partial charge < -0.3 is 0 Å². The Balaban J connectivity index is 2.70. The van der Waals surface area contributed by atoms with E-state index in [1.807, 2.05) is 19.1 Å². The van der Waals surface area contributed by atoms with Gasteiger partial charge in [-0.2, -0.15) is 0 Å². The summed E-state index contributed by atoms with van der Waals surface area (Å²) in [5, 5.41) is 0. The molecule has 0 fully saturated rings. The zero-order valence-corrected chi connectivity index (χ0v) is 7.19. The van der Waals surface area contributed by atoms with Crippen molar-refractivity contribution >= 4 is 5.71 Å². The van der Waals surface area contributed by atoms with Crippen LogP contribution >= 0.6 is 0 Å². The van der Waals surface area contributed by atoms with E-state index < -0.39 is 0 Å². The fourth-order valence-corrected chi connectivity index (χ4v) is 1.53. The predicted octanol–water partition coefficient (Wildman–Crippen LogP) is 2.46. The summed E-state index contributed by atoms with van der Waals surface area (Å²) in [6.07, 6.45) is 0. The molecule has 0 saturated heterocycles. The minimum Gasteiger partial charge on any atom is -0.285 e. The lowest BCUT2D eigenvalue weighted by molar-refractivity contribution is 0.615. The van der Waals surface area contributed by atoms with Gasteiger partial charge in [-0.3, -0.25) is 4.99 Å². The fraction of sp³-hybridized carbons (Fsp3) is 0.300. The van der Waals surface area contributed by atoms with E-state index in [9.17, 15) is 4.39 Å². The van der Waals surface area contributed by atoms with Gasteiger partial charge in [-0.1, -0.05) is 12.1 Å². The molecule has 0 N–H and O–H groups in total. The number of benzene rings is 1. The van der Waals surface area contributed by atoms with Crippen molar-refractivity contribution in [3.05, 3.63) is 34.6 Å². The summed E-state index contributed by atoms with van der Waals surface area (Å²) in [7, 11) is 0. The molecule has 2 heteroatoms. The normalized spacial score (nSPS) is 14.4. The number of fused-ring (bicyclic) bond motifs is 1. The van der Waals surface area contributed by atoms with E-state index in [2.05, 4.69) is 4.99 Å². The molecule has 1 aliphatic rings. The second kappa shape index (κ2) is 2.41. The van der Waals surface area contributed by atoms with Crippen molar-refractivity contribution in [2.75, 3.05) is 0 Å². The van der Waals surface area contributed by atoms with Crippen LogP contribution in [0.1, 0.15) is 23.6 Å². The van der Waals surface area contributed by atoms with Gasteiger partial charge in [-0.25, -0.2) is 4.39 Å². The molecule has 1 nitrogen and oxygen atoms in total. The molecule has 1 aliphatic heterocycles. The molecule has 0 atom stereocenters. The van der Waals surface area contributed by atoms with Crippen LogP contribution in [-0.2, 0) is 6.54 Å². The van der Waals surface area contributed by atoms with Gasteiger partial charge in [0.05, 0.1) is 6.54 Å². The summed E-state index contributed by atoms with van der Waals surface area (Å²) in [6, 6.07) is 3.76. The van der Waals surface area contributed by atoms with Gasteiger partial charge in [0.2, 0.25) is 0 Å². The molecule has 0 aliphatic carbocycles. The van der Waals surface area contributed by atoms with Gasteiger partial charge in [-0.05, 0) is 25.0 Å². The third kappa shape index (κ3) is 0.876. The summed E-state index contributed by atoms with van der Waals surface area (Å²) >= 11 is 0. The number of halogens is 1. The molecular formula is C10H10FN. The van der Waals surface area contributed by atoms with Crippen LogP contribution in [0.3, 0.4) is 0 Å². The van der Waals surface area contributed by atoms with Crippen LogP contribution in [0, 0.1) is 12.7 Å².